The van der Waals surface area contributed by atoms with Crippen LogP contribution in [-0.4, -0.2) is 0 Å². The van der Waals surface area contributed by atoms with Crippen molar-refractivity contribution in [2.24, 2.45) is 29.4 Å². The smallest absolute Gasteiger partial charge is 0.0153 e. The van der Waals surface area contributed by atoms with E-state index in [1.165, 1.54) is 5.57 Å². The predicted molar refractivity (Wildman–Crippen MR) is 71.9 cm³/mol. The van der Waals surface area contributed by atoms with Gasteiger partial charge in [-0.25, -0.2) is 0 Å². The van der Waals surface area contributed by atoms with Gasteiger partial charge in [-0.1, -0.05) is 53.2 Å². The molecule has 1 aliphatic rings. The van der Waals surface area contributed by atoms with Crippen molar-refractivity contribution in [3.05, 3.63) is 22.9 Å². The van der Waals surface area contributed by atoms with Gasteiger partial charge in [-0.3, -0.25) is 0 Å². The van der Waals surface area contributed by atoms with Crippen LogP contribution in [0.2, 0.25) is 0 Å². The first-order chi connectivity index (χ1) is 7.34. The first-order valence-electron chi connectivity index (χ1n) is 6.54. The Morgan fingerprint density at radius 1 is 1.06 bits per heavy atom. The van der Waals surface area contributed by atoms with E-state index in [1.807, 2.05) is 0 Å². The van der Waals surface area contributed by atoms with Gasteiger partial charge in [0, 0.05) is 11.6 Å². The van der Waals surface area contributed by atoms with Crippen molar-refractivity contribution in [2.45, 2.75) is 48.0 Å². The Hall–Kier alpha value is -0.720. The number of allylic oxidation sites excluding steroid dienone is 4. The summed E-state index contributed by atoms with van der Waals surface area (Å²) >= 11 is 0. The zero-order valence-corrected chi connectivity index (χ0v) is 11.7. The fraction of sp³-hybridized carbons (Fsp3) is 0.733. The molecule has 92 valence electrons. The molecule has 1 nitrogen and oxygen atoms in total. The molecule has 2 N–H and O–H groups in total. The van der Waals surface area contributed by atoms with E-state index in [0.29, 0.717) is 23.7 Å². The van der Waals surface area contributed by atoms with E-state index >= 15 is 0 Å². The summed E-state index contributed by atoms with van der Waals surface area (Å²) in [7, 11) is 0. The molecule has 0 amide bonds. The molecule has 0 aromatic carbocycles. The van der Waals surface area contributed by atoms with Crippen LogP contribution in [0.4, 0.5) is 0 Å². The van der Waals surface area contributed by atoms with Crippen molar-refractivity contribution in [2.75, 3.05) is 0 Å². The van der Waals surface area contributed by atoms with Gasteiger partial charge in [0.25, 0.3) is 0 Å². The van der Waals surface area contributed by atoms with Gasteiger partial charge >= 0.3 is 0 Å². The minimum atomic E-state index is 0.537. The molecule has 1 unspecified atom stereocenters. The van der Waals surface area contributed by atoms with Gasteiger partial charge in [0.1, 0.15) is 0 Å². The third-order valence-corrected chi connectivity index (χ3v) is 3.70. The van der Waals surface area contributed by atoms with Crippen molar-refractivity contribution in [1.82, 2.24) is 0 Å². The summed E-state index contributed by atoms with van der Waals surface area (Å²) in [5, 5.41) is 0. The van der Waals surface area contributed by atoms with Gasteiger partial charge in [-0.2, -0.15) is 0 Å². The number of hydrogen-bond acceptors (Lipinski definition) is 1. The van der Waals surface area contributed by atoms with Crippen LogP contribution in [0.1, 0.15) is 48.0 Å². The molecule has 0 fully saturated rings. The first-order valence-corrected chi connectivity index (χ1v) is 6.54. The van der Waals surface area contributed by atoms with Crippen molar-refractivity contribution in [3.63, 3.8) is 0 Å². The maximum absolute atomic E-state index is 6.32. The molecule has 0 heterocycles. The molecular weight excluding hydrogens is 194 g/mol. The quantitative estimate of drug-likeness (QED) is 0.762. The van der Waals surface area contributed by atoms with Gasteiger partial charge in [0.2, 0.25) is 0 Å². The highest BCUT2D eigenvalue weighted by molar-refractivity contribution is 5.36. The van der Waals surface area contributed by atoms with E-state index in [2.05, 4.69) is 47.6 Å². The van der Waals surface area contributed by atoms with Gasteiger partial charge < -0.3 is 5.73 Å². The molecule has 0 bridgehead atoms. The molecule has 0 radical (unpaired) electrons. The molecule has 16 heavy (non-hydrogen) atoms. The van der Waals surface area contributed by atoms with Gasteiger partial charge in [-0.15, -0.1) is 0 Å². The molecule has 0 spiro atoms. The summed E-state index contributed by atoms with van der Waals surface area (Å²) < 4.78 is 0. The normalized spacial score (nSPS) is 22.3. The van der Waals surface area contributed by atoms with Gasteiger partial charge in [0.05, 0.1) is 0 Å². The Bertz CT molecular complexity index is 305. The van der Waals surface area contributed by atoms with Crippen molar-refractivity contribution >= 4 is 0 Å². The summed E-state index contributed by atoms with van der Waals surface area (Å²) in [6.07, 6.45) is 3.50. The molecule has 0 saturated carbocycles. The lowest BCUT2D eigenvalue weighted by Crippen LogP contribution is -2.25. The van der Waals surface area contributed by atoms with E-state index in [-0.39, 0.29) is 0 Å². The summed E-state index contributed by atoms with van der Waals surface area (Å²) in [6, 6.07) is 0. The Balaban J connectivity index is 3.11. The number of nitrogens with two attached hydrogens (primary N) is 1. The molecule has 0 aromatic rings. The molecule has 0 aliphatic heterocycles. The third kappa shape index (κ3) is 2.69. The molecule has 1 heteroatoms. The van der Waals surface area contributed by atoms with E-state index in [0.717, 1.165) is 12.1 Å². The molecule has 1 aliphatic carbocycles. The lowest BCUT2D eigenvalue weighted by molar-refractivity contribution is 0.410. The largest absolute Gasteiger partial charge is 0.402 e. The second kappa shape index (κ2) is 5.07. The second-order valence-electron chi connectivity index (χ2n) is 5.99. The van der Waals surface area contributed by atoms with Crippen LogP contribution in [0.3, 0.4) is 0 Å². The van der Waals surface area contributed by atoms with Crippen LogP contribution in [0.25, 0.3) is 0 Å². The van der Waals surface area contributed by atoms with Crippen molar-refractivity contribution in [1.29, 1.82) is 0 Å². The highest BCUT2D eigenvalue weighted by atomic mass is 14.6. The zero-order valence-electron chi connectivity index (χ0n) is 11.7. The summed E-state index contributed by atoms with van der Waals surface area (Å²) in [6.45, 7) is 13.6. The minimum absolute atomic E-state index is 0.537. The SMILES string of the molecule is CC(C)C1=CC(C(C)C)=C(N)C(C(C)C)C1. The minimum Gasteiger partial charge on any atom is -0.402 e. The Kier molecular flexibility index (Phi) is 4.23. The zero-order chi connectivity index (χ0) is 12.5. The maximum Gasteiger partial charge on any atom is 0.0153 e. The van der Waals surface area contributed by atoms with Crippen LogP contribution in [0.15, 0.2) is 22.9 Å². The van der Waals surface area contributed by atoms with E-state index in [4.69, 9.17) is 5.73 Å². The Labute approximate surface area is 101 Å². The summed E-state index contributed by atoms with van der Waals surface area (Å²) in [4.78, 5) is 0. The molecule has 0 saturated heterocycles. The Morgan fingerprint density at radius 3 is 2.00 bits per heavy atom. The van der Waals surface area contributed by atoms with Crippen LogP contribution < -0.4 is 5.73 Å². The lowest BCUT2D eigenvalue weighted by atomic mass is 9.76. The Morgan fingerprint density at radius 2 is 1.62 bits per heavy atom. The molecule has 1 rings (SSSR count). The van der Waals surface area contributed by atoms with Crippen LogP contribution in [-0.2, 0) is 0 Å². The lowest BCUT2D eigenvalue weighted by Gasteiger charge is -2.31. The van der Waals surface area contributed by atoms with Crippen LogP contribution >= 0.6 is 0 Å². The van der Waals surface area contributed by atoms with Gasteiger partial charge in [0.15, 0.2) is 0 Å². The average Bonchev–Trinajstić information content (AvgIpc) is 2.16. The highest BCUT2D eigenvalue weighted by Gasteiger charge is 2.26. The van der Waals surface area contributed by atoms with E-state index in [9.17, 15) is 0 Å². The molecule has 0 aromatic heterocycles. The number of rotatable bonds is 3. The fourth-order valence-electron chi connectivity index (χ4n) is 2.42. The predicted octanol–water partition coefficient (Wildman–Crippen LogP) is 4.11. The van der Waals surface area contributed by atoms with E-state index in [1.54, 1.807) is 5.57 Å². The third-order valence-electron chi connectivity index (χ3n) is 3.70. The fourth-order valence-corrected chi connectivity index (χ4v) is 2.42. The van der Waals surface area contributed by atoms with E-state index < -0.39 is 0 Å². The summed E-state index contributed by atoms with van der Waals surface area (Å²) in [5.74, 6) is 2.36. The van der Waals surface area contributed by atoms with Gasteiger partial charge in [-0.05, 0) is 29.7 Å². The maximum atomic E-state index is 6.32. The van der Waals surface area contributed by atoms with Crippen molar-refractivity contribution < 1.29 is 0 Å². The van der Waals surface area contributed by atoms with Crippen molar-refractivity contribution in [3.8, 4) is 0 Å². The second-order valence-corrected chi connectivity index (χ2v) is 5.99. The van der Waals surface area contributed by atoms with Crippen LogP contribution in [0.5, 0.6) is 0 Å². The monoisotopic (exact) mass is 221 g/mol. The first kappa shape index (κ1) is 13.3. The van der Waals surface area contributed by atoms with Crippen LogP contribution in [0, 0.1) is 23.7 Å². The summed E-state index contributed by atoms with van der Waals surface area (Å²) in [5.41, 5.74) is 10.4. The molecular formula is C15H27N. The number of hydrogen-bond donors (Lipinski definition) is 1. The topological polar surface area (TPSA) is 26.0 Å². The molecule has 1 atom stereocenters. The average molecular weight is 221 g/mol. The highest BCUT2D eigenvalue weighted by Crippen LogP contribution is 2.37. The standard InChI is InChI=1S/C15H27N/c1-9(2)12-7-13(10(3)4)15(16)14(8-12)11(5)6/h7,9-11,14H,8,16H2,1-6H3.